The number of H-pyrrole nitrogens is 1. The van der Waals surface area contributed by atoms with Crippen LogP contribution in [0.25, 0.3) is 11.3 Å². The van der Waals surface area contributed by atoms with E-state index in [2.05, 4.69) is 14.9 Å². The van der Waals surface area contributed by atoms with Crippen LogP contribution >= 0.6 is 0 Å². The van der Waals surface area contributed by atoms with Crippen LogP contribution < -0.4 is 19.8 Å². The number of sulfonamides is 1. The van der Waals surface area contributed by atoms with Crippen molar-refractivity contribution in [2.75, 3.05) is 18.9 Å². The fraction of sp³-hybridized carbons (Fsp3) is 0.111. The molecule has 0 amide bonds. The number of rotatable bonds is 6. The summed E-state index contributed by atoms with van der Waals surface area (Å²) in [7, 11) is -1.08. The zero-order valence-corrected chi connectivity index (χ0v) is 15.4. The Hall–Kier alpha value is -3.33. The molecule has 9 heteroatoms. The number of hydrogen-bond acceptors (Lipinski definition) is 6. The first-order valence-electron chi connectivity index (χ1n) is 7.84. The van der Waals surface area contributed by atoms with E-state index in [0.29, 0.717) is 22.7 Å². The van der Waals surface area contributed by atoms with Crippen LogP contribution in [0.2, 0.25) is 0 Å². The molecule has 0 unspecified atom stereocenters. The second-order valence-electron chi connectivity index (χ2n) is 5.51. The third-order valence-electron chi connectivity index (χ3n) is 3.75. The smallest absolute Gasteiger partial charge is 0.265 e. The van der Waals surface area contributed by atoms with E-state index in [-0.39, 0.29) is 16.2 Å². The molecule has 3 aromatic rings. The quantitative estimate of drug-likeness (QED) is 0.671. The van der Waals surface area contributed by atoms with Crippen LogP contribution in [-0.4, -0.2) is 32.8 Å². The largest absolute Gasteiger partial charge is 0.497 e. The van der Waals surface area contributed by atoms with E-state index in [0.717, 1.165) is 0 Å². The number of ether oxygens (including phenoxy) is 2. The number of nitrogens with zero attached hydrogens (tertiary/aromatic N) is 1. The van der Waals surface area contributed by atoms with Crippen LogP contribution in [-0.2, 0) is 10.0 Å². The molecular formula is C18H17N3O5S. The molecule has 8 nitrogen and oxygen atoms in total. The zero-order chi connectivity index (χ0) is 19.4. The number of benzene rings is 2. The van der Waals surface area contributed by atoms with E-state index in [4.69, 9.17) is 9.47 Å². The minimum Gasteiger partial charge on any atom is -0.497 e. The molecule has 0 atom stereocenters. The Morgan fingerprint density at radius 2 is 1.81 bits per heavy atom. The average Bonchev–Trinajstić information content (AvgIpc) is 2.68. The van der Waals surface area contributed by atoms with Gasteiger partial charge in [-0.15, -0.1) is 0 Å². The number of hydrogen-bond donors (Lipinski definition) is 2. The first kappa shape index (κ1) is 18.5. The van der Waals surface area contributed by atoms with Crippen LogP contribution in [0.3, 0.4) is 0 Å². The third kappa shape index (κ3) is 4.09. The molecule has 0 bridgehead atoms. The molecule has 27 heavy (non-hydrogen) atoms. The van der Waals surface area contributed by atoms with Gasteiger partial charge in [-0.2, -0.15) is 5.10 Å². The van der Waals surface area contributed by atoms with Gasteiger partial charge in [0, 0.05) is 23.4 Å². The summed E-state index contributed by atoms with van der Waals surface area (Å²) in [6.45, 7) is 0. The van der Waals surface area contributed by atoms with Crippen LogP contribution in [0.5, 0.6) is 11.5 Å². The van der Waals surface area contributed by atoms with E-state index in [1.54, 1.807) is 36.4 Å². The summed E-state index contributed by atoms with van der Waals surface area (Å²) in [5.41, 5.74) is 1.17. The molecule has 0 radical (unpaired) electrons. The molecular weight excluding hydrogens is 370 g/mol. The fourth-order valence-corrected chi connectivity index (χ4v) is 3.69. The summed E-state index contributed by atoms with van der Waals surface area (Å²) in [6.07, 6.45) is 0. The highest BCUT2D eigenvalue weighted by Gasteiger charge is 2.21. The van der Waals surface area contributed by atoms with E-state index in [9.17, 15) is 13.2 Å². The van der Waals surface area contributed by atoms with Crippen molar-refractivity contribution in [3.63, 3.8) is 0 Å². The number of anilines is 1. The van der Waals surface area contributed by atoms with Gasteiger partial charge < -0.3 is 9.47 Å². The van der Waals surface area contributed by atoms with Crippen molar-refractivity contribution in [1.29, 1.82) is 0 Å². The molecule has 1 heterocycles. The third-order valence-corrected chi connectivity index (χ3v) is 5.15. The van der Waals surface area contributed by atoms with Crippen molar-refractivity contribution in [2.45, 2.75) is 4.90 Å². The molecule has 0 aliphatic carbocycles. The summed E-state index contributed by atoms with van der Waals surface area (Å²) < 4.78 is 38.4. The summed E-state index contributed by atoms with van der Waals surface area (Å²) in [5, 5.41) is 6.29. The summed E-state index contributed by atoms with van der Waals surface area (Å²) >= 11 is 0. The van der Waals surface area contributed by atoms with E-state index in [1.165, 1.54) is 32.4 Å². The average molecular weight is 387 g/mol. The molecule has 0 saturated heterocycles. The number of methoxy groups -OCH3 is 2. The highest BCUT2D eigenvalue weighted by molar-refractivity contribution is 7.92. The Labute approximate surface area is 155 Å². The Morgan fingerprint density at radius 1 is 1.00 bits per heavy atom. The fourth-order valence-electron chi connectivity index (χ4n) is 2.45. The summed E-state index contributed by atoms with van der Waals surface area (Å²) in [6, 6.07) is 14.1. The van der Waals surface area contributed by atoms with Crippen molar-refractivity contribution >= 4 is 15.7 Å². The van der Waals surface area contributed by atoms with Crippen LogP contribution in [0, 0.1) is 0 Å². The predicted octanol–water partition coefficient (Wildman–Crippen LogP) is 2.25. The number of aromatic amines is 1. The Bertz CT molecular complexity index is 1110. The van der Waals surface area contributed by atoms with Crippen molar-refractivity contribution in [3.05, 3.63) is 65.0 Å². The van der Waals surface area contributed by atoms with E-state index < -0.39 is 10.0 Å². The molecule has 0 saturated carbocycles. The van der Waals surface area contributed by atoms with Gasteiger partial charge in [0.1, 0.15) is 16.4 Å². The monoisotopic (exact) mass is 387 g/mol. The van der Waals surface area contributed by atoms with Crippen molar-refractivity contribution in [1.82, 2.24) is 10.2 Å². The van der Waals surface area contributed by atoms with Gasteiger partial charge in [-0.05, 0) is 30.3 Å². The molecule has 0 aliphatic heterocycles. The second kappa shape index (κ2) is 7.50. The molecule has 2 aromatic carbocycles. The molecule has 140 valence electrons. The number of aromatic nitrogens is 2. The van der Waals surface area contributed by atoms with Gasteiger partial charge in [0.15, 0.2) is 0 Å². The van der Waals surface area contributed by atoms with Gasteiger partial charge >= 0.3 is 0 Å². The van der Waals surface area contributed by atoms with Crippen LogP contribution in [0.15, 0.2) is 64.3 Å². The first-order chi connectivity index (χ1) is 12.9. The minimum absolute atomic E-state index is 0.0445. The lowest BCUT2D eigenvalue weighted by molar-refractivity contribution is 0.392. The zero-order valence-electron chi connectivity index (χ0n) is 14.6. The van der Waals surface area contributed by atoms with Crippen LogP contribution in [0.4, 0.5) is 5.69 Å². The Balaban J connectivity index is 1.96. The van der Waals surface area contributed by atoms with Gasteiger partial charge in [0.05, 0.1) is 19.9 Å². The molecule has 1 aromatic heterocycles. The standard InChI is InChI=1S/C18H17N3O5S/c1-25-14-6-8-16(26-2)17(11-14)27(23,24)21-13-5-3-4-12(10-13)15-7-9-18(22)20-19-15/h3-11,21H,1-2H3,(H,20,22). The molecule has 0 fully saturated rings. The maximum atomic E-state index is 12.8. The topological polar surface area (TPSA) is 110 Å². The molecule has 0 spiro atoms. The maximum absolute atomic E-state index is 12.8. The van der Waals surface area contributed by atoms with Gasteiger partial charge in [0.2, 0.25) is 0 Å². The van der Waals surface area contributed by atoms with E-state index >= 15 is 0 Å². The Kier molecular flexibility index (Phi) is 5.13. The minimum atomic E-state index is -3.93. The molecule has 0 aliphatic rings. The highest BCUT2D eigenvalue weighted by atomic mass is 32.2. The SMILES string of the molecule is COc1ccc(OC)c(S(=O)(=O)Nc2cccc(-c3ccc(=O)[nH]n3)c2)c1. The first-order valence-corrected chi connectivity index (χ1v) is 9.32. The maximum Gasteiger partial charge on any atom is 0.265 e. The lowest BCUT2D eigenvalue weighted by Gasteiger charge is -2.13. The van der Waals surface area contributed by atoms with Crippen LogP contribution in [0.1, 0.15) is 0 Å². The highest BCUT2D eigenvalue weighted by Crippen LogP contribution is 2.30. The normalized spacial score (nSPS) is 11.0. The van der Waals surface area contributed by atoms with Crippen molar-refractivity contribution < 1.29 is 17.9 Å². The summed E-state index contributed by atoms with van der Waals surface area (Å²) in [5.74, 6) is 0.587. The van der Waals surface area contributed by atoms with Crippen molar-refractivity contribution in [3.8, 4) is 22.8 Å². The number of nitrogens with one attached hydrogen (secondary N) is 2. The molecule has 3 rings (SSSR count). The van der Waals surface area contributed by atoms with Gasteiger partial charge in [-0.3, -0.25) is 9.52 Å². The second-order valence-corrected chi connectivity index (χ2v) is 7.16. The predicted molar refractivity (Wildman–Crippen MR) is 101 cm³/mol. The van der Waals surface area contributed by atoms with Crippen molar-refractivity contribution in [2.24, 2.45) is 0 Å². The molecule has 2 N–H and O–H groups in total. The lowest BCUT2D eigenvalue weighted by Crippen LogP contribution is -2.14. The Morgan fingerprint density at radius 3 is 2.48 bits per heavy atom. The summed E-state index contributed by atoms with van der Waals surface area (Å²) in [4.78, 5) is 11.1. The van der Waals surface area contributed by atoms with Gasteiger partial charge in [0.25, 0.3) is 15.6 Å². The van der Waals surface area contributed by atoms with Gasteiger partial charge in [-0.25, -0.2) is 13.5 Å². The van der Waals surface area contributed by atoms with E-state index in [1.807, 2.05) is 0 Å². The van der Waals surface area contributed by atoms with Gasteiger partial charge in [-0.1, -0.05) is 12.1 Å². The lowest BCUT2D eigenvalue weighted by atomic mass is 10.1.